The minimum Gasteiger partial charge on any atom is -0.357 e. The molecule has 1 atom stereocenters. The highest BCUT2D eigenvalue weighted by molar-refractivity contribution is 5.85. The molecule has 1 aromatic heterocycles. The summed E-state index contributed by atoms with van der Waals surface area (Å²) in [4.78, 5) is 18.2. The fourth-order valence-corrected chi connectivity index (χ4v) is 3.51. The number of halogens is 2. The van der Waals surface area contributed by atoms with Crippen LogP contribution in [0.25, 0.3) is 10.9 Å². The van der Waals surface area contributed by atoms with Crippen LogP contribution in [0.1, 0.15) is 30.5 Å². The van der Waals surface area contributed by atoms with E-state index in [4.69, 9.17) is 5.73 Å². The third-order valence-corrected chi connectivity index (χ3v) is 4.61. The molecule has 6 heteroatoms. The zero-order valence-corrected chi connectivity index (χ0v) is 15.7. The van der Waals surface area contributed by atoms with E-state index in [1.165, 1.54) is 12.8 Å². The van der Waals surface area contributed by atoms with E-state index in [-0.39, 0.29) is 30.2 Å². The quantitative estimate of drug-likeness (QED) is 0.866. The Bertz CT molecular complexity index is 715. The average molecular weight is 372 g/mol. The number of hydrogen-bond donors (Lipinski definition) is 2. The van der Waals surface area contributed by atoms with Crippen molar-refractivity contribution in [3.05, 3.63) is 45.7 Å². The minimum atomic E-state index is 0. The van der Waals surface area contributed by atoms with E-state index in [9.17, 15) is 4.79 Å². The van der Waals surface area contributed by atoms with Crippen molar-refractivity contribution in [2.45, 2.75) is 32.7 Å². The highest BCUT2D eigenvalue weighted by atomic mass is 35.5. The van der Waals surface area contributed by atoms with Crippen LogP contribution in [0.3, 0.4) is 0 Å². The van der Waals surface area contributed by atoms with Crippen molar-refractivity contribution in [1.82, 2.24) is 9.88 Å². The number of benzene rings is 1. The molecule has 0 saturated carbocycles. The van der Waals surface area contributed by atoms with Gasteiger partial charge in [0.2, 0.25) is 0 Å². The Hall–Kier alpha value is -1.07. The summed E-state index contributed by atoms with van der Waals surface area (Å²) in [5, 5.41) is 0.781. The van der Waals surface area contributed by atoms with Crippen molar-refractivity contribution in [2.75, 3.05) is 19.6 Å². The molecular formula is C18H27Cl2N3O. The molecule has 24 heavy (non-hydrogen) atoms. The summed E-state index contributed by atoms with van der Waals surface area (Å²) in [6, 6.07) is 7.76. The number of rotatable bonds is 4. The van der Waals surface area contributed by atoms with Gasteiger partial charge in [-0.2, -0.15) is 0 Å². The predicted molar refractivity (Wildman–Crippen MR) is 105 cm³/mol. The van der Waals surface area contributed by atoms with Crippen LogP contribution in [0.15, 0.2) is 29.1 Å². The third-order valence-electron chi connectivity index (χ3n) is 4.61. The molecule has 134 valence electrons. The Kier molecular flexibility index (Phi) is 8.23. The maximum absolute atomic E-state index is 12.3. The lowest BCUT2D eigenvalue weighted by Crippen LogP contribution is -2.36. The number of piperidine rings is 1. The molecule has 0 bridgehead atoms. The first-order valence-electron chi connectivity index (χ1n) is 8.20. The molecule has 4 nitrogen and oxygen atoms in total. The van der Waals surface area contributed by atoms with Gasteiger partial charge < -0.3 is 10.7 Å². The van der Waals surface area contributed by atoms with Gasteiger partial charge in [0, 0.05) is 35.8 Å². The SMILES string of the molecule is Cc1ccc2[nH]c(CN3CCCC(CCN)C3)cc(=O)c2c1.Cl.Cl. The highest BCUT2D eigenvalue weighted by Gasteiger charge is 2.19. The molecule has 2 heterocycles. The first-order chi connectivity index (χ1) is 10.7. The fraction of sp³-hybridized carbons (Fsp3) is 0.500. The number of nitrogens with two attached hydrogens (primary N) is 1. The van der Waals surface area contributed by atoms with Gasteiger partial charge in [-0.05, 0) is 57.3 Å². The number of nitrogens with one attached hydrogen (secondary N) is 1. The normalized spacial score (nSPS) is 18.0. The monoisotopic (exact) mass is 371 g/mol. The van der Waals surface area contributed by atoms with Crippen molar-refractivity contribution in [1.29, 1.82) is 0 Å². The molecule has 1 aliphatic heterocycles. The second-order valence-electron chi connectivity index (χ2n) is 6.53. The Morgan fingerprint density at radius 3 is 2.83 bits per heavy atom. The number of nitrogens with zero attached hydrogens (tertiary/aromatic N) is 1. The zero-order chi connectivity index (χ0) is 15.5. The van der Waals surface area contributed by atoms with Gasteiger partial charge in [-0.3, -0.25) is 9.69 Å². The molecule has 1 unspecified atom stereocenters. The molecule has 1 aromatic carbocycles. The summed E-state index contributed by atoms with van der Waals surface area (Å²) in [6.45, 7) is 5.79. The summed E-state index contributed by atoms with van der Waals surface area (Å²) in [6.07, 6.45) is 3.60. The molecule has 1 fully saturated rings. The van der Waals surface area contributed by atoms with E-state index in [1.807, 2.05) is 25.1 Å². The molecule has 3 rings (SSSR count). The van der Waals surface area contributed by atoms with E-state index in [1.54, 1.807) is 6.07 Å². The number of likely N-dealkylation sites (tertiary alicyclic amines) is 1. The summed E-state index contributed by atoms with van der Waals surface area (Å²) >= 11 is 0. The molecule has 0 aliphatic carbocycles. The number of aromatic amines is 1. The van der Waals surface area contributed by atoms with Crippen molar-refractivity contribution < 1.29 is 0 Å². The highest BCUT2D eigenvalue weighted by Crippen LogP contribution is 2.20. The first kappa shape index (κ1) is 21.0. The van der Waals surface area contributed by atoms with Crippen LogP contribution >= 0.6 is 24.8 Å². The maximum atomic E-state index is 12.3. The van der Waals surface area contributed by atoms with Crippen LogP contribution in [0.4, 0.5) is 0 Å². The van der Waals surface area contributed by atoms with E-state index < -0.39 is 0 Å². The lowest BCUT2D eigenvalue weighted by atomic mass is 9.95. The third kappa shape index (κ3) is 4.96. The maximum Gasteiger partial charge on any atom is 0.189 e. The topological polar surface area (TPSA) is 62.1 Å². The van der Waals surface area contributed by atoms with Gasteiger partial charge in [-0.25, -0.2) is 0 Å². The summed E-state index contributed by atoms with van der Waals surface area (Å²) in [5.41, 5.74) is 8.86. The molecule has 1 saturated heterocycles. The first-order valence-corrected chi connectivity index (χ1v) is 8.20. The fourth-order valence-electron chi connectivity index (χ4n) is 3.51. The summed E-state index contributed by atoms with van der Waals surface area (Å²) < 4.78 is 0. The molecule has 0 radical (unpaired) electrons. The van der Waals surface area contributed by atoms with Gasteiger partial charge in [-0.1, -0.05) is 11.6 Å². The largest absolute Gasteiger partial charge is 0.357 e. The van der Waals surface area contributed by atoms with E-state index in [0.29, 0.717) is 5.92 Å². The second-order valence-corrected chi connectivity index (χ2v) is 6.53. The van der Waals surface area contributed by atoms with Gasteiger partial charge in [0.25, 0.3) is 0 Å². The number of pyridine rings is 1. The van der Waals surface area contributed by atoms with Crippen LogP contribution in [0, 0.1) is 12.8 Å². The van der Waals surface area contributed by atoms with Gasteiger partial charge in [-0.15, -0.1) is 24.8 Å². The van der Waals surface area contributed by atoms with Crippen LogP contribution in [-0.2, 0) is 6.54 Å². The number of aromatic nitrogens is 1. The number of hydrogen-bond acceptors (Lipinski definition) is 3. The molecular weight excluding hydrogens is 345 g/mol. The van der Waals surface area contributed by atoms with Gasteiger partial charge in [0.05, 0.1) is 0 Å². The number of aryl methyl sites for hydroxylation is 1. The minimum absolute atomic E-state index is 0. The van der Waals surface area contributed by atoms with Crippen molar-refractivity contribution >= 4 is 35.7 Å². The lowest BCUT2D eigenvalue weighted by molar-refractivity contribution is 0.161. The Morgan fingerprint density at radius 1 is 1.29 bits per heavy atom. The van der Waals surface area contributed by atoms with Crippen molar-refractivity contribution in [2.24, 2.45) is 11.7 Å². The Morgan fingerprint density at radius 2 is 2.08 bits per heavy atom. The standard InChI is InChI=1S/C18H25N3O.2ClH/c1-13-4-5-17-16(9-13)18(22)10-15(20-17)12-21-8-2-3-14(11-21)6-7-19;;/h4-5,9-10,14H,2-3,6-8,11-12,19H2,1H3,(H,20,22);2*1H. The second kappa shape index (κ2) is 9.42. The molecule has 3 N–H and O–H groups in total. The van der Waals surface area contributed by atoms with Gasteiger partial charge in [0.15, 0.2) is 5.43 Å². The van der Waals surface area contributed by atoms with E-state index in [0.717, 1.165) is 54.8 Å². The molecule has 2 aromatic rings. The summed E-state index contributed by atoms with van der Waals surface area (Å²) in [7, 11) is 0. The van der Waals surface area contributed by atoms with E-state index >= 15 is 0 Å². The van der Waals surface area contributed by atoms with E-state index in [2.05, 4.69) is 9.88 Å². The van der Waals surface area contributed by atoms with Crippen LogP contribution in [-0.4, -0.2) is 29.5 Å². The molecule has 0 amide bonds. The van der Waals surface area contributed by atoms with Gasteiger partial charge >= 0.3 is 0 Å². The Labute approximate surface area is 155 Å². The Balaban J connectivity index is 0.00000144. The number of fused-ring (bicyclic) bond motifs is 1. The molecule has 1 aliphatic rings. The predicted octanol–water partition coefficient (Wildman–Crippen LogP) is 3.24. The average Bonchev–Trinajstić information content (AvgIpc) is 2.49. The summed E-state index contributed by atoms with van der Waals surface area (Å²) in [5.74, 6) is 0.702. The van der Waals surface area contributed by atoms with Crippen molar-refractivity contribution in [3.63, 3.8) is 0 Å². The smallest absolute Gasteiger partial charge is 0.189 e. The van der Waals surface area contributed by atoms with Gasteiger partial charge in [0.1, 0.15) is 0 Å². The van der Waals surface area contributed by atoms with Crippen LogP contribution in [0.5, 0.6) is 0 Å². The lowest BCUT2D eigenvalue weighted by Gasteiger charge is -2.32. The molecule has 0 spiro atoms. The zero-order valence-electron chi connectivity index (χ0n) is 14.1. The van der Waals surface area contributed by atoms with Crippen molar-refractivity contribution in [3.8, 4) is 0 Å². The van der Waals surface area contributed by atoms with Crippen LogP contribution in [0.2, 0.25) is 0 Å². The number of H-pyrrole nitrogens is 1. The van der Waals surface area contributed by atoms with Crippen LogP contribution < -0.4 is 11.2 Å².